The van der Waals surface area contributed by atoms with E-state index in [1.807, 2.05) is 0 Å². The number of carbonyl (C=O) groups excluding carboxylic acids is 1. The molecule has 1 aromatic carbocycles. The van der Waals surface area contributed by atoms with Gasteiger partial charge in [-0.05, 0) is 30.2 Å². The van der Waals surface area contributed by atoms with Gasteiger partial charge in [0.1, 0.15) is 17.3 Å². The largest absolute Gasteiger partial charge is 0.384 e. The highest BCUT2D eigenvalue weighted by atomic mass is 19.1. The highest BCUT2D eigenvalue weighted by molar-refractivity contribution is 5.77. The summed E-state index contributed by atoms with van der Waals surface area (Å²) in [5.41, 5.74) is 8.74. The number of imidazole rings is 1. The Hall–Kier alpha value is -4.05. The lowest BCUT2D eigenvalue weighted by molar-refractivity contribution is 0.112. The Morgan fingerprint density at radius 3 is 2.74 bits per heavy atom. The zero-order chi connectivity index (χ0) is 18.8. The number of nitrogens with zero attached hydrogens (tertiary/aromatic N) is 4. The Morgan fingerprint density at radius 1 is 1.07 bits per heavy atom. The van der Waals surface area contributed by atoms with Crippen LogP contribution in [0.25, 0.3) is 16.9 Å². The summed E-state index contributed by atoms with van der Waals surface area (Å²) < 4.78 is 15.7. The summed E-state index contributed by atoms with van der Waals surface area (Å²) in [6.07, 6.45) is 7.01. The molecule has 130 valence electrons. The van der Waals surface area contributed by atoms with Crippen LogP contribution in [0.2, 0.25) is 0 Å². The van der Waals surface area contributed by atoms with Crippen LogP contribution in [0.1, 0.15) is 21.6 Å². The number of nitrogen functional groups attached to an aromatic ring is 1. The number of rotatable bonds is 2. The summed E-state index contributed by atoms with van der Waals surface area (Å²) >= 11 is 0. The first-order valence-corrected chi connectivity index (χ1v) is 7.96. The number of halogens is 1. The van der Waals surface area contributed by atoms with Crippen LogP contribution in [0.15, 0.2) is 55.1 Å². The average molecular weight is 357 g/mol. The van der Waals surface area contributed by atoms with E-state index in [9.17, 15) is 9.18 Å². The molecule has 3 heterocycles. The van der Waals surface area contributed by atoms with Crippen molar-refractivity contribution in [2.75, 3.05) is 5.73 Å². The maximum absolute atomic E-state index is 13.9. The number of nitrogens with two attached hydrogens (primary N) is 1. The molecule has 3 aromatic heterocycles. The van der Waals surface area contributed by atoms with Gasteiger partial charge >= 0.3 is 0 Å². The smallest absolute Gasteiger partial charge is 0.156 e. The first-order valence-electron chi connectivity index (χ1n) is 7.96. The molecule has 2 N–H and O–H groups in total. The molecule has 6 nitrogen and oxygen atoms in total. The van der Waals surface area contributed by atoms with Gasteiger partial charge in [0.05, 0.1) is 23.7 Å². The predicted molar refractivity (Wildman–Crippen MR) is 98.4 cm³/mol. The van der Waals surface area contributed by atoms with Crippen molar-refractivity contribution in [2.24, 2.45) is 0 Å². The maximum Gasteiger partial charge on any atom is 0.156 e. The van der Waals surface area contributed by atoms with Crippen LogP contribution in [0.5, 0.6) is 0 Å². The van der Waals surface area contributed by atoms with E-state index in [-0.39, 0.29) is 5.56 Å². The molecule has 4 aromatic rings. The molecule has 0 aliphatic carbocycles. The molecule has 0 saturated carbocycles. The van der Waals surface area contributed by atoms with Gasteiger partial charge < -0.3 is 5.73 Å². The van der Waals surface area contributed by atoms with Gasteiger partial charge in [-0.1, -0.05) is 12.0 Å². The first kappa shape index (κ1) is 16.4. The maximum atomic E-state index is 13.9. The van der Waals surface area contributed by atoms with Crippen molar-refractivity contribution in [1.29, 1.82) is 0 Å². The number of hydrogen-bond acceptors (Lipinski definition) is 5. The van der Waals surface area contributed by atoms with Crippen molar-refractivity contribution in [2.45, 2.75) is 0 Å². The Balaban J connectivity index is 1.76. The van der Waals surface area contributed by atoms with Gasteiger partial charge in [0.15, 0.2) is 11.9 Å². The lowest BCUT2D eigenvalue weighted by Crippen LogP contribution is -1.95. The summed E-state index contributed by atoms with van der Waals surface area (Å²) in [5.74, 6) is 5.86. The summed E-state index contributed by atoms with van der Waals surface area (Å²) in [4.78, 5) is 23.3. The zero-order valence-corrected chi connectivity index (χ0v) is 13.9. The van der Waals surface area contributed by atoms with Crippen molar-refractivity contribution in [3.63, 3.8) is 0 Å². The fraction of sp³-hybridized carbons (Fsp3) is 0. The third-order valence-electron chi connectivity index (χ3n) is 3.94. The molecule has 0 unspecified atom stereocenters. The van der Waals surface area contributed by atoms with E-state index in [0.717, 1.165) is 5.56 Å². The van der Waals surface area contributed by atoms with E-state index in [0.29, 0.717) is 34.7 Å². The molecular formula is C20H12FN5O. The first-order chi connectivity index (χ1) is 13.1. The zero-order valence-electron chi connectivity index (χ0n) is 13.9. The number of benzene rings is 1. The Morgan fingerprint density at radius 2 is 1.96 bits per heavy atom. The lowest BCUT2D eigenvalue weighted by Gasteiger charge is -2.04. The molecule has 0 saturated heterocycles. The van der Waals surface area contributed by atoms with Crippen LogP contribution in [-0.2, 0) is 0 Å². The molecule has 0 bridgehead atoms. The standard InChI is InChI=1S/C20H12FN5O/c21-17-8-14(2-3-15(17)12-27)18-11-26-16(9-25-20(26)10-24-18)4-1-13-5-6-23-19(22)7-13/h2-3,5-12H,(H2,22,23). The molecule has 0 fully saturated rings. The second-order valence-corrected chi connectivity index (χ2v) is 5.72. The number of aromatic nitrogens is 4. The lowest BCUT2D eigenvalue weighted by atomic mass is 10.1. The topological polar surface area (TPSA) is 86.2 Å². The van der Waals surface area contributed by atoms with Gasteiger partial charge in [0.25, 0.3) is 0 Å². The quantitative estimate of drug-likeness (QED) is 0.440. The summed E-state index contributed by atoms with van der Waals surface area (Å²) in [6, 6.07) is 7.78. The summed E-state index contributed by atoms with van der Waals surface area (Å²) in [6.45, 7) is 0. The van der Waals surface area contributed by atoms with E-state index < -0.39 is 5.82 Å². The average Bonchev–Trinajstić information content (AvgIpc) is 3.08. The number of hydrogen-bond donors (Lipinski definition) is 1. The van der Waals surface area contributed by atoms with Gasteiger partial charge in [0.2, 0.25) is 0 Å². The molecule has 0 amide bonds. The fourth-order valence-electron chi connectivity index (χ4n) is 2.58. The van der Waals surface area contributed by atoms with Crippen molar-refractivity contribution in [1.82, 2.24) is 19.4 Å². The second-order valence-electron chi connectivity index (χ2n) is 5.72. The minimum Gasteiger partial charge on any atom is -0.384 e. The molecule has 27 heavy (non-hydrogen) atoms. The van der Waals surface area contributed by atoms with Crippen molar-refractivity contribution < 1.29 is 9.18 Å². The Bertz CT molecular complexity index is 1240. The minimum atomic E-state index is -0.592. The molecule has 4 rings (SSSR count). The summed E-state index contributed by atoms with van der Waals surface area (Å²) in [5, 5.41) is 0. The molecule has 0 radical (unpaired) electrons. The molecule has 0 spiro atoms. The second kappa shape index (κ2) is 6.69. The van der Waals surface area contributed by atoms with E-state index in [1.165, 1.54) is 12.1 Å². The van der Waals surface area contributed by atoms with Gasteiger partial charge in [0, 0.05) is 23.5 Å². The van der Waals surface area contributed by atoms with E-state index in [1.54, 1.807) is 47.4 Å². The monoisotopic (exact) mass is 357 g/mol. The van der Waals surface area contributed by atoms with Crippen LogP contribution in [0.3, 0.4) is 0 Å². The van der Waals surface area contributed by atoms with Crippen molar-refractivity contribution >= 4 is 17.8 Å². The van der Waals surface area contributed by atoms with Crippen molar-refractivity contribution in [3.8, 4) is 23.1 Å². The SMILES string of the molecule is Nc1cc(C#Cc2cnc3cnc(-c4ccc(C=O)c(F)c4)cn23)ccn1. The Labute approximate surface area is 153 Å². The van der Waals surface area contributed by atoms with Crippen LogP contribution < -0.4 is 5.73 Å². The third kappa shape index (κ3) is 3.24. The number of anilines is 1. The molecule has 0 atom stereocenters. The van der Waals surface area contributed by atoms with Gasteiger partial charge in [-0.2, -0.15) is 0 Å². The van der Waals surface area contributed by atoms with Gasteiger partial charge in [-0.3, -0.25) is 14.2 Å². The summed E-state index contributed by atoms with van der Waals surface area (Å²) in [7, 11) is 0. The van der Waals surface area contributed by atoms with E-state index >= 15 is 0 Å². The third-order valence-corrected chi connectivity index (χ3v) is 3.94. The van der Waals surface area contributed by atoms with Crippen LogP contribution in [0, 0.1) is 17.7 Å². The fourth-order valence-corrected chi connectivity index (χ4v) is 2.58. The van der Waals surface area contributed by atoms with Gasteiger partial charge in [-0.25, -0.2) is 14.4 Å². The van der Waals surface area contributed by atoms with E-state index in [4.69, 9.17) is 5.73 Å². The number of aldehydes is 1. The van der Waals surface area contributed by atoms with E-state index in [2.05, 4.69) is 26.8 Å². The molecular weight excluding hydrogens is 345 g/mol. The molecule has 0 aliphatic heterocycles. The van der Waals surface area contributed by atoms with Gasteiger partial charge in [-0.15, -0.1) is 0 Å². The molecule has 7 heteroatoms. The minimum absolute atomic E-state index is 0.00522. The highest BCUT2D eigenvalue weighted by Crippen LogP contribution is 2.20. The normalized spacial score (nSPS) is 10.4. The van der Waals surface area contributed by atoms with Crippen LogP contribution in [0.4, 0.5) is 10.2 Å². The number of carbonyl (C=O) groups is 1. The number of pyridine rings is 1. The van der Waals surface area contributed by atoms with Crippen molar-refractivity contribution in [3.05, 3.63) is 77.8 Å². The predicted octanol–water partition coefficient (Wildman–Crippen LogP) is 2.72. The Kier molecular flexibility index (Phi) is 4.07. The van der Waals surface area contributed by atoms with Crippen LogP contribution in [-0.4, -0.2) is 25.6 Å². The molecule has 0 aliphatic rings. The highest BCUT2D eigenvalue weighted by Gasteiger charge is 2.08. The van der Waals surface area contributed by atoms with Crippen LogP contribution >= 0.6 is 0 Å². The number of fused-ring (bicyclic) bond motifs is 1.